The lowest BCUT2D eigenvalue weighted by Gasteiger charge is -2.03. The average molecular weight is 250 g/mol. The number of hydrogen-bond donors (Lipinski definition) is 1. The fourth-order valence-corrected chi connectivity index (χ4v) is 3.04. The van der Waals surface area contributed by atoms with Crippen molar-refractivity contribution in [2.75, 3.05) is 7.05 Å². The van der Waals surface area contributed by atoms with Crippen LogP contribution in [0.3, 0.4) is 0 Å². The minimum Gasteiger partial charge on any atom is -0.316 e. The van der Waals surface area contributed by atoms with E-state index in [9.17, 15) is 0 Å². The molecule has 2 aromatic rings. The molecule has 84 valence electrons. The maximum atomic E-state index is 4.08. The summed E-state index contributed by atoms with van der Waals surface area (Å²) < 4.78 is 0. The second kappa shape index (κ2) is 6.03. The molecule has 2 rings (SSSR count). The molecule has 0 aliphatic heterocycles. The van der Waals surface area contributed by atoms with E-state index in [4.69, 9.17) is 0 Å². The van der Waals surface area contributed by atoms with Gasteiger partial charge in [0, 0.05) is 28.3 Å². The van der Waals surface area contributed by atoms with Gasteiger partial charge in [0.05, 0.1) is 5.51 Å². The summed E-state index contributed by atoms with van der Waals surface area (Å²) in [5, 5.41) is 3.16. The smallest absolute Gasteiger partial charge is 0.0794 e. The summed E-state index contributed by atoms with van der Waals surface area (Å²) >= 11 is 3.57. The highest BCUT2D eigenvalue weighted by atomic mass is 32.2. The predicted molar refractivity (Wildman–Crippen MR) is 70.9 cm³/mol. The van der Waals surface area contributed by atoms with Crippen LogP contribution in [-0.2, 0) is 12.3 Å². The lowest BCUT2D eigenvalue weighted by molar-refractivity contribution is 0.815. The van der Waals surface area contributed by atoms with Crippen LogP contribution in [0.2, 0.25) is 0 Å². The van der Waals surface area contributed by atoms with Crippen LogP contribution < -0.4 is 5.32 Å². The Hall–Kier alpha value is -0.840. The third-order valence-corrected chi connectivity index (χ3v) is 4.15. The third-order valence-electron chi connectivity index (χ3n) is 2.14. The monoisotopic (exact) mass is 250 g/mol. The molecule has 1 aromatic heterocycles. The zero-order valence-corrected chi connectivity index (χ0v) is 10.8. The molecule has 0 saturated heterocycles. The van der Waals surface area contributed by atoms with Crippen molar-refractivity contribution in [1.29, 1.82) is 0 Å². The molecule has 1 heterocycles. The number of thiazole rings is 1. The maximum absolute atomic E-state index is 4.08. The van der Waals surface area contributed by atoms with Gasteiger partial charge in [-0.1, -0.05) is 12.1 Å². The van der Waals surface area contributed by atoms with Gasteiger partial charge in [-0.3, -0.25) is 4.98 Å². The Morgan fingerprint density at radius 2 is 2.38 bits per heavy atom. The molecule has 0 aliphatic carbocycles. The highest BCUT2D eigenvalue weighted by molar-refractivity contribution is 7.98. The normalized spacial score (nSPS) is 10.6. The number of hydrogen-bond acceptors (Lipinski definition) is 4. The Balaban J connectivity index is 1.96. The van der Waals surface area contributed by atoms with Gasteiger partial charge in [-0.2, -0.15) is 0 Å². The van der Waals surface area contributed by atoms with Crippen LogP contribution in [0.5, 0.6) is 0 Å². The zero-order valence-electron chi connectivity index (χ0n) is 9.14. The van der Waals surface area contributed by atoms with Gasteiger partial charge >= 0.3 is 0 Å². The molecule has 0 aliphatic rings. The van der Waals surface area contributed by atoms with Gasteiger partial charge in [-0.25, -0.2) is 0 Å². The molecule has 0 unspecified atom stereocenters. The number of nitrogens with zero attached hydrogens (tertiary/aromatic N) is 1. The number of nitrogens with one attached hydrogen (secondary N) is 1. The van der Waals surface area contributed by atoms with Crippen LogP contribution in [0.1, 0.15) is 10.4 Å². The van der Waals surface area contributed by atoms with Crippen molar-refractivity contribution in [3.8, 4) is 0 Å². The van der Waals surface area contributed by atoms with E-state index < -0.39 is 0 Å². The number of rotatable bonds is 5. The second-order valence-electron chi connectivity index (χ2n) is 3.43. The maximum Gasteiger partial charge on any atom is 0.0794 e. The van der Waals surface area contributed by atoms with Crippen molar-refractivity contribution in [3.63, 3.8) is 0 Å². The van der Waals surface area contributed by atoms with Crippen LogP contribution in [0, 0.1) is 0 Å². The first-order chi connectivity index (χ1) is 7.88. The fraction of sp³-hybridized carbons (Fsp3) is 0.250. The number of benzene rings is 1. The van der Waals surface area contributed by atoms with E-state index in [1.165, 1.54) is 15.3 Å². The van der Waals surface area contributed by atoms with Crippen LogP contribution >= 0.6 is 23.1 Å². The molecule has 0 atom stereocenters. The molecular formula is C12H14N2S2. The molecular weight excluding hydrogens is 236 g/mol. The van der Waals surface area contributed by atoms with Crippen molar-refractivity contribution in [1.82, 2.24) is 10.3 Å². The summed E-state index contributed by atoms with van der Waals surface area (Å²) in [4.78, 5) is 6.72. The van der Waals surface area contributed by atoms with E-state index in [1.807, 2.05) is 30.5 Å². The molecule has 0 amide bonds. The van der Waals surface area contributed by atoms with Crippen LogP contribution in [0.25, 0.3) is 0 Å². The molecule has 0 radical (unpaired) electrons. The molecule has 0 spiro atoms. The second-order valence-corrected chi connectivity index (χ2v) is 5.45. The molecule has 16 heavy (non-hydrogen) atoms. The van der Waals surface area contributed by atoms with Gasteiger partial charge in [0.15, 0.2) is 0 Å². The summed E-state index contributed by atoms with van der Waals surface area (Å²) in [5.41, 5.74) is 3.21. The van der Waals surface area contributed by atoms with Crippen LogP contribution in [0.4, 0.5) is 0 Å². The van der Waals surface area contributed by atoms with Crippen LogP contribution in [-0.4, -0.2) is 12.0 Å². The predicted octanol–water partition coefficient (Wildman–Crippen LogP) is 3.15. The standard InChI is InChI=1S/C12H14N2S2/c1-13-6-10-3-2-4-11(5-10)15-8-12-7-14-9-16-12/h2-5,7,9,13H,6,8H2,1H3. The fourth-order valence-electron chi connectivity index (χ4n) is 1.42. The van der Waals surface area contributed by atoms with Gasteiger partial charge in [-0.05, 0) is 24.7 Å². The summed E-state index contributed by atoms with van der Waals surface area (Å²) in [6.07, 6.45) is 1.94. The third kappa shape index (κ3) is 3.33. The van der Waals surface area contributed by atoms with Gasteiger partial charge in [0.25, 0.3) is 0 Å². The van der Waals surface area contributed by atoms with E-state index in [0.717, 1.165) is 12.3 Å². The summed E-state index contributed by atoms with van der Waals surface area (Å²) in [5.74, 6) is 1.01. The Morgan fingerprint density at radius 3 is 3.12 bits per heavy atom. The Kier molecular flexibility index (Phi) is 4.39. The summed E-state index contributed by atoms with van der Waals surface area (Å²) in [6, 6.07) is 8.65. The Labute approximate surface area is 104 Å². The topological polar surface area (TPSA) is 24.9 Å². The van der Waals surface area contributed by atoms with Gasteiger partial charge in [0.2, 0.25) is 0 Å². The highest BCUT2D eigenvalue weighted by Gasteiger charge is 1.99. The molecule has 4 heteroatoms. The Morgan fingerprint density at radius 1 is 1.44 bits per heavy atom. The summed E-state index contributed by atoms with van der Waals surface area (Å²) in [6.45, 7) is 0.926. The van der Waals surface area contributed by atoms with Crippen molar-refractivity contribution in [3.05, 3.63) is 46.4 Å². The minimum atomic E-state index is 0.926. The largest absolute Gasteiger partial charge is 0.316 e. The van der Waals surface area contributed by atoms with Gasteiger partial charge in [0.1, 0.15) is 0 Å². The SMILES string of the molecule is CNCc1cccc(SCc2cncs2)c1. The van der Waals surface area contributed by atoms with Crippen molar-refractivity contribution in [2.45, 2.75) is 17.2 Å². The molecule has 1 aromatic carbocycles. The summed E-state index contributed by atoms with van der Waals surface area (Å²) in [7, 11) is 1.97. The van der Waals surface area contributed by atoms with Gasteiger partial charge < -0.3 is 5.32 Å². The van der Waals surface area contributed by atoms with E-state index >= 15 is 0 Å². The first-order valence-corrected chi connectivity index (χ1v) is 6.98. The zero-order chi connectivity index (χ0) is 11.2. The molecule has 2 nitrogen and oxygen atoms in total. The van der Waals surface area contributed by atoms with E-state index in [2.05, 4.69) is 34.6 Å². The molecule has 0 saturated carbocycles. The quantitative estimate of drug-likeness (QED) is 0.825. The van der Waals surface area contributed by atoms with E-state index in [0.29, 0.717) is 0 Å². The lowest BCUT2D eigenvalue weighted by Crippen LogP contribution is -2.04. The first kappa shape index (κ1) is 11.6. The number of thioether (sulfide) groups is 1. The molecule has 0 bridgehead atoms. The van der Waals surface area contributed by atoms with Crippen molar-refractivity contribution < 1.29 is 0 Å². The first-order valence-electron chi connectivity index (χ1n) is 5.12. The van der Waals surface area contributed by atoms with E-state index in [1.54, 1.807) is 11.3 Å². The highest BCUT2D eigenvalue weighted by Crippen LogP contribution is 2.24. The van der Waals surface area contributed by atoms with E-state index in [-0.39, 0.29) is 0 Å². The van der Waals surface area contributed by atoms with Gasteiger partial charge in [-0.15, -0.1) is 23.1 Å². The van der Waals surface area contributed by atoms with Crippen molar-refractivity contribution >= 4 is 23.1 Å². The number of aromatic nitrogens is 1. The van der Waals surface area contributed by atoms with Crippen molar-refractivity contribution in [2.24, 2.45) is 0 Å². The average Bonchev–Trinajstić information content (AvgIpc) is 2.80. The minimum absolute atomic E-state index is 0.926. The Bertz CT molecular complexity index is 426. The molecule has 0 fully saturated rings. The van der Waals surface area contributed by atoms with Crippen LogP contribution in [0.15, 0.2) is 40.9 Å². The lowest BCUT2D eigenvalue weighted by atomic mass is 10.2. The molecule has 1 N–H and O–H groups in total.